The summed E-state index contributed by atoms with van der Waals surface area (Å²) in [6.45, 7) is 3.61. The highest BCUT2D eigenvalue weighted by atomic mass is 19.1. The van der Waals surface area contributed by atoms with E-state index in [4.69, 9.17) is 0 Å². The van der Waals surface area contributed by atoms with E-state index in [0.29, 0.717) is 5.56 Å². The van der Waals surface area contributed by atoms with Crippen LogP contribution in [0.15, 0.2) is 42.5 Å². The van der Waals surface area contributed by atoms with Crippen molar-refractivity contribution < 1.29 is 18.4 Å². The van der Waals surface area contributed by atoms with Crippen LogP contribution in [-0.4, -0.2) is 18.4 Å². The highest BCUT2D eigenvalue weighted by Crippen LogP contribution is 2.17. The molecule has 0 aliphatic rings. The van der Waals surface area contributed by atoms with Gasteiger partial charge in [-0.2, -0.15) is 0 Å². The lowest BCUT2D eigenvalue weighted by Gasteiger charge is -2.15. The summed E-state index contributed by atoms with van der Waals surface area (Å²) < 4.78 is 26.6. The summed E-state index contributed by atoms with van der Waals surface area (Å²) in [5.74, 6) is -1.95. The van der Waals surface area contributed by atoms with Crippen LogP contribution in [-0.2, 0) is 4.79 Å². The summed E-state index contributed by atoms with van der Waals surface area (Å²) in [5.41, 5.74) is 1.62. The molecule has 0 heterocycles. The zero-order valence-electron chi connectivity index (χ0n) is 14.1. The van der Waals surface area contributed by atoms with E-state index in [1.807, 2.05) is 19.1 Å². The molecule has 0 saturated carbocycles. The van der Waals surface area contributed by atoms with Crippen molar-refractivity contribution in [2.24, 2.45) is 0 Å². The van der Waals surface area contributed by atoms with Gasteiger partial charge >= 0.3 is 0 Å². The van der Waals surface area contributed by atoms with Gasteiger partial charge in [-0.15, -0.1) is 0 Å². The molecule has 0 spiro atoms. The second-order valence-electron chi connectivity index (χ2n) is 5.78. The number of carbonyl (C=O) groups is 2. The molecule has 0 radical (unpaired) electrons. The van der Waals surface area contributed by atoms with Crippen LogP contribution < -0.4 is 10.6 Å². The third-order valence-corrected chi connectivity index (χ3v) is 3.83. The van der Waals surface area contributed by atoms with Crippen molar-refractivity contribution in [1.29, 1.82) is 0 Å². The molecule has 0 aliphatic carbocycles. The van der Waals surface area contributed by atoms with Gasteiger partial charge < -0.3 is 10.6 Å². The molecule has 0 saturated heterocycles. The molecule has 0 fully saturated rings. The zero-order chi connectivity index (χ0) is 18.4. The summed E-state index contributed by atoms with van der Waals surface area (Å²) >= 11 is 0. The van der Waals surface area contributed by atoms with E-state index in [1.165, 1.54) is 6.07 Å². The predicted octanol–water partition coefficient (Wildman–Crippen LogP) is 3.27. The highest BCUT2D eigenvalue weighted by molar-refractivity contribution is 5.95. The molecule has 0 aliphatic heterocycles. The number of aryl methyl sites for hydroxylation is 1. The van der Waals surface area contributed by atoms with Gasteiger partial charge in [-0.05, 0) is 31.5 Å². The largest absolute Gasteiger partial charge is 0.352 e. The van der Waals surface area contributed by atoms with Crippen molar-refractivity contribution in [3.05, 3.63) is 70.8 Å². The topological polar surface area (TPSA) is 58.2 Å². The quantitative estimate of drug-likeness (QED) is 0.843. The standard InChI is InChI=1S/C19H20F2N2O2/c1-12-5-3-4-6-15(12)19(25)22-10-9-18(24)23-13(2)16-8-7-14(20)11-17(16)21/h3-8,11,13H,9-10H2,1-2H3,(H,22,25)(H,23,24)/t13-/m0/s1. The Morgan fingerprint density at radius 3 is 2.52 bits per heavy atom. The average Bonchev–Trinajstić information content (AvgIpc) is 2.54. The molecule has 2 aromatic rings. The summed E-state index contributed by atoms with van der Waals surface area (Å²) in [7, 11) is 0. The van der Waals surface area contributed by atoms with Gasteiger partial charge in [0.2, 0.25) is 5.91 Å². The van der Waals surface area contributed by atoms with Crippen molar-refractivity contribution in [3.8, 4) is 0 Å². The molecule has 25 heavy (non-hydrogen) atoms. The SMILES string of the molecule is Cc1ccccc1C(=O)NCCC(=O)N[C@@H](C)c1ccc(F)cc1F. The van der Waals surface area contributed by atoms with Gasteiger partial charge in [0, 0.05) is 30.2 Å². The number of nitrogens with one attached hydrogen (secondary N) is 2. The minimum Gasteiger partial charge on any atom is -0.352 e. The van der Waals surface area contributed by atoms with Crippen molar-refractivity contribution >= 4 is 11.8 Å². The molecule has 2 amide bonds. The Morgan fingerprint density at radius 2 is 1.84 bits per heavy atom. The van der Waals surface area contributed by atoms with E-state index in [0.717, 1.165) is 17.7 Å². The van der Waals surface area contributed by atoms with Gasteiger partial charge in [0.15, 0.2) is 0 Å². The zero-order valence-corrected chi connectivity index (χ0v) is 14.1. The summed E-state index contributed by atoms with van der Waals surface area (Å²) in [5, 5.41) is 5.31. The average molecular weight is 346 g/mol. The number of rotatable bonds is 6. The Hall–Kier alpha value is -2.76. The van der Waals surface area contributed by atoms with Crippen LogP contribution in [0.2, 0.25) is 0 Å². The van der Waals surface area contributed by atoms with Crippen molar-refractivity contribution in [1.82, 2.24) is 10.6 Å². The lowest BCUT2D eigenvalue weighted by atomic mass is 10.1. The number of hydrogen-bond acceptors (Lipinski definition) is 2. The minimum absolute atomic E-state index is 0.0603. The van der Waals surface area contributed by atoms with E-state index in [1.54, 1.807) is 19.1 Å². The molecule has 0 aromatic heterocycles. The second-order valence-corrected chi connectivity index (χ2v) is 5.78. The van der Waals surface area contributed by atoms with Crippen molar-refractivity contribution in [3.63, 3.8) is 0 Å². The van der Waals surface area contributed by atoms with E-state index in [9.17, 15) is 18.4 Å². The molecular weight excluding hydrogens is 326 g/mol. The fourth-order valence-corrected chi connectivity index (χ4v) is 2.46. The summed E-state index contributed by atoms with van der Waals surface area (Å²) in [6.07, 6.45) is 0.0603. The first kappa shape index (κ1) is 18.6. The van der Waals surface area contributed by atoms with Gasteiger partial charge in [0.25, 0.3) is 5.91 Å². The van der Waals surface area contributed by atoms with Crippen molar-refractivity contribution in [2.75, 3.05) is 6.54 Å². The van der Waals surface area contributed by atoms with Gasteiger partial charge in [0.1, 0.15) is 11.6 Å². The Balaban J connectivity index is 1.82. The lowest BCUT2D eigenvalue weighted by molar-refractivity contribution is -0.121. The first-order chi connectivity index (χ1) is 11.9. The molecule has 2 aromatic carbocycles. The van der Waals surface area contributed by atoms with Crippen LogP contribution in [0.4, 0.5) is 8.78 Å². The van der Waals surface area contributed by atoms with E-state index in [-0.39, 0.29) is 30.3 Å². The Labute approximate surface area is 145 Å². The third kappa shape index (κ3) is 5.11. The van der Waals surface area contributed by atoms with E-state index < -0.39 is 17.7 Å². The number of hydrogen-bond donors (Lipinski definition) is 2. The molecule has 2 N–H and O–H groups in total. The third-order valence-electron chi connectivity index (χ3n) is 3.83. The van der Waals surface area contributed by atoms with Gasteiger partial charge in [-0.1, -0.05) is 24.3 Å². The molecule has 6 heteroatoms. The van der Waals surface area contributed by atoms with Crippen molar-refractivity contribution in [2.45, 2.75) is 26.3 Å². The lowest BCUT2D eigenvalue weighted by Crippen LogP contribution is -2.32. The fraction of sp³-hybridized carbons (Fsp3) is 0.263. The van der Waals surface area contributed by atoms with Gasteiger partial charge in [-0.25, -0.2) is 8.78 Å². The molecule has 0 unspecified atom stereocenters. The highest BCUT2D eigenvalue weighted by Gasteiger charge is 2.14. The maximum atomic E-state index is 13.7. The maximum Gasteiger partial charge on any atom is 0.251 e. The maximum absolute atomic E-state index is 13.7. The smallest absolute Gasteiger partial charge is 0.251 e. The Morgan fingerprint density at radius 1 is 1.12 bits per heavy atom. The van der Waals surface area contributed by atoms with Crippen LogP contribution in [0.25, 0.3) is 0 Å². The first-order valence-corrected chi connectivity index (χ1v) is 7.96. The Bertz CT molecular complexity index is 778. The second kappa shape index (κ2) is 8.37. The molecule has 4 nitrogen and oxygen atoms in total. The van der Waals surface area contributed by atoms with E-state index >= 15 is 0 Å². The summed E-state index contributed by atoms with van der Waals surface area (Å²) in [6, 6.07) is 9.79. The normalized spacial score (nSPS) is 11.7. The van der Waals surface area contributed by atoms with Gasteiger partial charge in [0.05, 0.1) is 6.04 Å². The van der Waals surface area contributed by atoms with Gasteiger partial charge in [-0.3, -0.25) is 9.59 Å². The van der Waals surface area contributed by atoms with Crippen LogP contribution in [0, 0.1) is 18.6 Å². The number of halogens is 2. The van der Waals surface area contributed by atoms with Crippen LogP contribution in [0.5, 0.6) is 0 Å². The number of benzene rings is 2. The number of carbonyl (C=O) groups excluding carboxylic acids is 2. The predicted molar refractivity (Wildman–Crippen MR) is 91.0 cm³/mol. The first-order valence-electron chi connectivity index (χ1n) is 7.96. The van der Waals surface area contributed by atoms with Crippen LogP contribution >= 0.6 is 0 Å². The monoisotopic (exact) mass is 346 g/mol. The van der Waals surface area contributed by atoms with Crippen LogP contribution in [0.1, 0.15) is 40.9 Å². The molecule has 132 valence electrons. The Kier molecular flexibility index (Phi) is 6.22. The van der Waals surface area contributed by atoms with E-state index in [2.05, 4.69) is 10.6 Å². The number of amides is 2. The summed E-state index contributed by atoms with van der Waals surface area (Å²) in [4.78, 5) is 24.0. The molecule has 0 bridgehead atoms. The van der Waals surface area contributed by atoms with Crippen LogP contribution in [0.3, 0.4) is 0 Å². The molecule has 1 atom stereocenters. The molecule has 2 rings (SSSR count). The minimum atomic E-state index is -0.708. The fourth-order valence-electron chi connectivity index (χ4n) is 2.46. The molecular formula is C19H20F2N2O2.